The van der Waals surface area contributed by atoms with Crippen LogP contribution >= 0.6 is 12.6 Å². The van der Waals surface area contributed by atoms with Gasteiger partial charge in [-0.3, -0.25) is 0 Å². The minimum atomic E-state index is -0.897. The number of benzene rings is 2. The van der Waals surface area contributed by atoms with Gasteiger partial charge in [0.1, 0.15) is 6.10 Å². The molecule has 94 valence electrons. The fourth-order valence-electron chi connectivity index (χ4n) is 1.85. The SMILES string of the molecule is OC(CS)C(O)c1cccc(-c2ccccc2)c1. The first-order valence-corrected chi connectivity index (χ1v) is 6.48. The number of hydrogen-bond acceptors (Lipinski definition) is 3. The highest BCUT2D eigenvalue weighted by atomic mass is 32.1. The van der Waals surface area contributed by atoms with Gasteiger partial charge in [0.2, 0.25) is 0 Å². The van der Waals surface area contributed by atoms with Gasteiger partial charge >= 0.3 is 0 Å². The van der Waals surface area contributed by atoms with Crippen LogP contribution in [0.4, 0.5) is 0 Å². The Hall–Kier alpha value is -1.29. The van der Waals surface area contributed by atoms with E-state index in [1.165, 1.54) is 0 Å². The van der Waals surface area contributed by atoms with E-state index in [1.54, 1.807) is 0 Å². The van der Waals surface area contributed by atoms with E-state index in [0.717, 1.165) is 11.1 Å². The van der Waals surface area contributed by atoms with Gasteiger partial charge in [0.05, 0.1) is 6.10 Å². The standard InChI is InChI=1S/C15H16O2S/c16-14(10-18)15(17)13-8-4-7-12(9-13)11-5-2-1-3-6-11/h1-9,14-18H,10H2. The fraction of sp³-hybridized carbons (Fsp3) is 0.200. The predicted octanol–water partition coefficient (Wildman–Crippen LogP) is 2.68. The molecule has 0 fully saturated rings. The topological polar surface area (TPSA) is 40.5 Å². The van der Waals surface area contributed by atoms with Gasteiger partial charge in [0.15, 0.2) is 0 Å². The van der Waals surface area contributed by atoms with Crippen LogP contribution in [0.5, 0.6) is 0 Å². The Morgan fingerprint density at radius 2 is 1.56 bits per heavy atom. The molecule has 2 atom stereocenters. The number of aliphatic hydroxyl groups is 2. The minimum absolute atomic E-state index is 0.233. The monoisotopic (exact) mass is 260 g/mol. The molecule has 2 unspecified atom stereocenters. The van der Waals surface area contributed by atoms with Gasteiger partial charge in [-0.05, 0) is 22.8 Å². The molecule has 0 radical (unpaired) electrons. The average Bonchev–Trinajstić information content (AvgIpc) is 2.46. The molecule has 0 aromatic heterocycles. The maximum Gasteiger partial charge on any atom is 0.106 e. The van der Waals surface area contributed by atoms with E-state index < -0.39 is 12.2 Å². The number of rotatable bonds is 4. The van der Waals surface area contributed by atoms with E-state index in [1.807, 2.05) is 54.6 Å². The Labute approximate surface area is 112 Å². The number of hydrogen-bond donors (Lipinski definition) is 3. The van der Waals surface area contributed by atoms with Crippen LogP contribution in [0.25, 0.3) is 11.1 Å². The van der Waals surface area contributed by atoms with Crippen LogP contribution in [0.15, 0.2) is 54.6 Å². The van der Waals surface area contributed by atoms with Crippen LogP contribution < -0.4 is 0 Å². The number of aliphatic hydroxyl groups excluding tert-OH is 2. The molecule has 0 amide bonds. The predicted molar refractivity (Wildman–Crippen MR) is 76.7 cm³/mol. The normalized spacial score (nSPS) is 14.2. The van der Waals surface area contributed by atoms with Crippen LogP contribution in [0, 0.1) is 0 Å². The van der Waals surface area contributed by atoms with Gasteiger partial charge in [-0.25, -0.2) is 0 Å². The molecule has 0 spiro atoms. The summed E-state index contributed by atoms with van der Waals surface area (Å²) in [4.78, 5) is 0. The Balaban J connectivity index is 2.31. The molecule has 2 rings (SSSR count). The quantitative estimate of drug-likeness (QED) is 0.740. The zero-order valence-corrected chi connectivity index (χ0v) is 10.8. The van der Waals surface area contributed by atoms with E-state index >= 15 is 0 Å². The first kappa shape index (κ1) is 13.1. The smallest absolute Gasteiger partial charge is 0.106 e. The highest BCUT2D eigenvalue weighted by Crippen LogP contribution is 2.24. The van der Waals surface area contributed by atoms with Crippen LogP contribution in [0.2, 0.25) is 0 Å². The highest BCUT2D eigenvalue weighted by molar-refractivity contribution is 7.80. The van der Waals surface area contributed by atoms with Crippen LogP contribution in [-0.2, 0) is 0 Å². The zero-order valence-electron chi connectivity index (χ0n) is 9.90. The lowest BCUT2D eigenvalue weighted by molar-refractivity contribution is 0.0338. The third-order valence-corrected chi connectivity index (χ3v) is 3.26. The van der Waals surface area contributed by atoms with E-state index in [9.17, 15) is 10.2 Å². The molecule has 0 saturated heterocycles. The van der Waals surface area contributed by atoms with Crippen LogP contribution in [-0.4, -0.2) is 22.1 Å². The third kappa shape index (κ3) is 2.93. The summed E-state index contributed by atoms with van der Waals surface area (Å²) >= 11 is 3.99. The lowest BCUT2D eigenvalue weighted by Crippen LogP contribution is -2.19. The molecule has 0 saturated carbocycles. The first-order chi connectivity index (χ1) is 8.72. The van der Waals surface area contributed by atoms with Crippen molar-refractivity contribution in [3.05, 3.63) is 60.2 Å². The largest absolute Gasteiger partial charge is 0.389 e. The molecule has 0 aliphatic rings. The summed E-state index contributed by atoms with van der Waals surface area (Å²) in [5.74, 6) is 0.233. The Morgan fingerprint density at radius 1 is 0.889 bits per heavy atom. The molecular formula is C15H16O2S. The molecule has 2 nitrogen and oxygen atoms in total. The van der Waals surface area contributed by atoms with Crippen molar-refractivity contribution in [1.82, 2.24) is 0 Å². The molecule has 2 aromatic carbocycles. The van der Waals surface area contributed by atoms with Gasteiger partial charge in [-0.1, -0.05) is 48.5 Å². The second kappa shape index (κ2) is 6.05. The summed E-state index contributed by atoms with van der Waals surface area (Å²) in [5.41, 5.74) is 2.82. The van der Waals surface area contributed by atoms with Gasteiger partial charge in [0, 0.05) is 5.75 Å². The van der Waals surface area contributed by atoms with Crippen molar-refractivity contribution >= 4 is 12.6 Å². The lowest BCUT2D eigenvalue weighted by atomic mass is 9.99. The molecule has 2 aromatic rings. The summed E-state index contributed by atoms with van der Waals surface area (Å²) < 4.78 is 0. The molecule has 0 bridgehead atoms. The summed E-state index contributed by atoms with van der Waals surface area (Å²) in [7, 11) is 0. The first-order valence-electron chi connectivity index (χ1n) is 5.84. The van der Waals surface area contributed by atoms with Gasteiger partial charge in [0.25, 0.3) is 0 Å². The zero-order chi connectivity index (χ0) is 13.0. The minimum Gasteiger partial charge on any atom is -0.389 e. The molecule has 0 aliphatic carbocycles. The second-order valence-electron chi connectivity index (χ2n) is 4.19. The molecule has 18 heavy (non-hydrogen) atoms. The highest BCUT2D eigenvalue weighted by Gasteiger charge is 2.16. The lowest BCUT2D eigenvalue weighted by Gasteiger charge is -2.17. The maximum atomic E-state index is 9.96. The molecule has 3 heteroatoms. The fourth-order valence-corrected chi connectivity index (χ4v) is 2.05. The van der Waals surface area contributed by atoms with Crippen LogP contribution in [0.1, 0.15) is 11.7 Å². The number of thiol groups is 1. The Bertz CT molecular complexity index is 499. The second-order valence-corrected chi connectivity index (χ2v) is 4.55. The van der Waals surface area contributed by atoms with Crippen molar-refractivity contribution in [3.8, 4) is 11.1 Å². The van der Waals surface area contributed by atoms with Crippen LogP contribution in [0.3, 0.4) is 0 Å². The average molecular weight is 260 g/mol. The summed E-state index contributed by atoms with van der Waals surface area (Å²) in [6.45, 7) is 0. The molecule has 2 N–H and O–H groups in total. The van der Waals surface area contributed by atoms with Gasteiger partial charge in [-0.15, -0.1) is 0 Å². The van der Waals surface area contributed by atoms with Crippen molar-refractivity contribution in [2.75, 3.05) is 5.75 Å². The summed E-state index contributed by atoms with van der Waals surface area (Å²) in [5, 5.41) is 19.6. The van der Waals surface area contributed by atoms with Crippen molar-refractivity contribution in [2.45, 2.75) is 12.2 Å². The summed E-state index contributed by atoms with van der Waals surface area (Å²) in [6.07, 6.45) is -1.74. The van der Waals surface area contributed by atoms with Crippen molar-refractivity contribution < 1.29 is 10.2 Å². The molecular weight excluding hydrogens is 244 g/mol. The van der Waals surface area contributed by atoms with Gasteiger partial charge < -0.3 is 10.2 Å². The van der Waals surface area contributed by atoms with Crippen molar-refractivity contribution in [2.24, 2.45) is 0 Å². The maximum absolute atomic E-state index is 9.96. The Kier molecular flexibility index (Phi) is 4.42. The van der Waals surface area contributed by atoms with E-state index in [4.69, 9.17) is 0 Å². The molecule has 0 heterocycles. The van der Waals surface area contributed by atoms with Crippen molar-refractivity contribution in [1.29, 1.82) is 0 Å². The van der Waals surface area contributed by atoms with Gasteiger partial charge in [-0.2, -0.15) is 12.6 Å². The van der Waals surface area contributed by atoms with E-state index in [0.29, 0.717) is 5.56 Å². The molecule has 0 aliphatic heterocycles. The van der Waals surface area contributed by atoms with E-state index in [2.05, 4.69) is 12.6 Å². The third-order valence-electron chi connectivity index (χ3n) is 2.89. The van der Waals surface area contributed by atoms with Crippen molar-refractivity contribution in [3.63, 3.8) is 0 Å². The summed E-state index contributed by atoms with van der Waals surface area (Å²) in [6, 6.07) is 17.5. The Morgan fingerprint density at radius 3 is 2.22 bits per heavy atom. The van der Waals surface area contributed by atoms with E-state index in [-0.39, 0.29) is 5.75 Å².